The average molecular weight is 547 g/mol. The van der Waals surface area contributed by atoms with Crippen LogP contribution in [0.3, 0.4) is 0 Å². The fraction of sp³-hybridized carbons (Fsp3) is 0.474. The second-order valence-electron chi connectivity index (χ2n) is 8.25. The molecule has 1 aliphatic rings. The second kappa shape index (κ2) is 10.2. The highest BCUT2D eigenvalue weighted by Crippen LogP contribution is 2.55. The summed E-state index contributed by atoms with van der Waals surface area (Å²) < 4.78 is 35.1. The van der Waals surface area contributed by atoms with Gasteiger partial charge in [0.1, 0.15) is 0 Å². The van der Waals surface area contributed by atoms with Crippen LogP contribution in [-0.4, -0.2) is 65.3 Å². The van der Waals surface area contributed by atoms with Crippen LogP contribution in [0, 0.1) is 0 Å². The summed E-state index contributed by atoms with van der Waals surface area (Å²) in [6.45, 7) is 1.72. The number of rotatable bonds is 9. The standard InChI is InChI=1S/C19H25ClN6O7P2/c1-12(13-6-4-3-5-7-13)25(2)17-16-18(22-19(20)21-17)26(24-23-16)15-9-8-14(33-15)10-32-35(30,31)11-34(27,28)29/h3-7,12,14-15H,8-11H2,1-2H3,(H,30,31)(H2,27,28,29)/t12-,14-,15+/m0/s1. The number of aromatic nitrogens is 5. The van der Waals surface area contributed by atoms with E-state index in [9.17, 15) is 14.0 Å². The second-order valence-corrected chi connectivity index (χ2v) is 12.6. The first kappa shape index (κ1) is 26.1. The van der Waals surface area contributed by atoms with Crippen LogP contribution in [0.15, 0.2) is 30.3 Å². The Morgan fingerprint density at radius 2 is 1.94 bits per heavy atom. The highest BCUT2D eigenvalue weighted by atomic mass is 35.5. The van der Waals surface area contributed by atoms with E-state index in [1.165, 1.54) is 4.68 Å². The Kier molecular flexibility index (Phi) is 7.61. The van der Waals surface area contributed by atoms with Crippen molar-refractivity contribution in [3.63, 3.8) is 0 Å². The molecule has 1 aromatic carbocycles. The minimum Gasteiger partial charge on any atom is -0.351 e. The zero-order valence-corrected chi connectivity index (χ0v) is 21.4. The van der Waals surface area contributed by atoms with Crippen LogP contribution < -0.4 is 4.90 Å². The molecule has 0 radical (unpaired) electrons. The Hall–Kier alpha value is -1.95. The minimum absolute atomic E-state index is 0.0136. The molecule has 0 aliphatic carbocycles. The van der Waals surface area contributed by atoms with Crippen molar-refractivity contribution in [1.29, 1.82) is 0 Å². The molecule has 3 N–H and O–H groups in total. The summed E-state index contributed by atoms with van der Waals surface area (Å²) in [5, 5.41) is 8.46. The van der Waals surface area contributed by atoms with Gasteiger partial charge in [0.2, 0.25) is 5.28 Å². The molecule has 16 heteroatoms. The van der Waals surface area contributed by atoms with Crippen molar-refractivity contribution in [3.8, 4) is 0 Å². The number of nitrogens with zero attached hydrogens (tertiary/aromatic N) is 6. The lowest BCUT2D eigenvalue weighted by Crippen LogP contribution is -2.23. The van der Waals surface area contributed by atoms with Crippen LogP contribution in [-0.2, 0) is 18.4 Å². The highest BCUT2D eigenvalue weighted by Gasteiger charge is 2.35. The molecule has 1 saturated heterocycles. The monoisotopic (exact) mass is 546 g/mol. The van der Waals surface area contributed by atoms with Gasteiger partial charge < -0.3 is 28.8 Å². The minimum atomic E-state index is -4.70. The molecular weight excluding hydrogens is 522 g/mol. The molecule has 0 spiro atoms. The number of hydrogen-bond acceptors (Lipinski definition) is 9. The summed E-state index contributed by atoms with van der Waals surface area (Å²) in [6.07, 6.45) is -0.245. The molecule has 1 unspecified atom stereocenters. The van der Waals surface area contributed by atoms with E-state index in [1.54, 1.807) is 0 Å². The Balaban J connectivity index is 1.51. The third-order valence-electron chi connectivity index (χ3n) is 5.66. The highest BCUT2D eigenvalue weighted by molar-refractivity contribution is 7.70. The van der Waals surface area contributed by atoms with E-state index in [0.29, 0.717) is 29.8 Å². The van der Waals surface area contributed by atoms with E-state index in [1.807, 2.05) is 49.2 Å². The van der Waals surface area contributed by atoms with Gasteiger partial charge >= 0.3 is 15.2 Å². The number of fused-ring (bicyclic) bond motifs is 1. The van der Waals surface area contributed by atoms with E-state index in [4.69, 9.17) is 30.6 Å². The Morgan fingerprint density at radius 3 is 2.63 bits per heavy atom. The van der Waals surface area contributed by atoms with Gasteiger partial charge in [-0.1, -0.05) is 35.5 Å². The lowest BCUT2D eigenvalue weighted by molar-refractivity contribution is -0.0239. The Morgan fingerprint density at radius 1 is 1.23 bits per heavy atom. The zero-order chi connectivity index (χ0) is 25.4. The predicted molar refractivity (Wildman–Crippen MR) is 127 cm³/mol. The maximum absolute atomic E-state index is 11.9. The van der Waals surface area contributed by atoms with Crippen LogP contribution >= 0.6 is 26.8 Å². The van der Waals surface area contributed by atoms with Gasteiger partial charge in [0.05, 0.1) is 18.8 Å². The molecule has 3 aromatic rings. The van der Waals surface area contributed by atoms with Gasteiger partial charge in [-0.3, -0.25) is 9.13 Å². The van der Waals surface area contributed by atoms with Gasteiger partial charge in [-0.2, -0.15) is 14.6 Å². The van der Waals surface area contributed by atoms with E-state index >= 15 is 0 Å². The van der Waals surface area contributed by atoms with Crippen LogP contribution in [0.5, 0.6) is 0 Å². The fourth-order valence-electron chi connectivity index (χ4n) is 3.83. The summed E-state index contributed by atoms with van der Waals surface area (Å²) in [5.74, 6) is -0.754. The van der Waals surface area contributed by atoms with Crippen LogP contribution in [0.2, 0.25) is 5.28 Å². The number of benzene rings is 1. The number of anilines is 1. The summed E-state index contributed by atoms with van der Waals surface area (Å²) in [4.78, 5) is 38.1. The van der Waals surface area contributed by atoms with Gasteiger partial charge in [0.25, 0.3) is 0 Å². The van der Waals surface area contributed by atoms with E-state index in [-0.39, 0.29) is 17.9 Å². The molecule has 2 aromatic heterocycles. The number of hydrogen-bond donors (Lipinski definition) is 3. The smallest absolute Gasteiger partial charge is 0.340 e. The van der Waals surface area contributed by atoms with Crippen LogP contribution in [0.4, 0.5) is 5.82 Å². The molecule has 190 valence electrons. The van der Waals surface area contributed by atoms with Gasteiger partial charge in [-0.15, -0.1) is 5.10 Å². The van der Waals surface area contributed by atoms with Gasteiger partial charge in [-0.05, 0) is 36.9 Å². The number of ether oxygens (including phenoxy) is 1. The van der Waals surface area contributed by atoms with Gasteiger partial charge in [-0.25, -0.2) is 0 Å². The summed E-state index contributed by atoms with van der Waals surface area (Å²) in [5.41, 5.74) is 1.88. The van der Waals surface area contributed by atoms with E-state index in [0.717, 1.165) is 5.56 Å². The molecule has 1 aliphatic heterocycles. The molecule has 4 rings (SSSR count). The summed E-state index contributed by atoms with van der Waals surface area (Å²) in [6, 6.07) is 9.84. The van der Waals surface area contributed by atoms with Crippen molar-refractivity contribution in [1.82, 2.24) is 25.0 Å². The molecule has 4 atom stereocenters. The maximum atomic E-state index is 11.9. The maximum Gasteiger partial charge on any atom is 0.340 e. The summed E-state index contributed by atoms with van der Waals surface area (Å²) >= 11 is 6.23. The Bertz CT molecular complexity index is 1290. The van der Waals surface area contributed by atoms with Crippen molar-refractivity contribution < 1.29 is 33.1 Å². The fourth-order valence-corrected chi connectivity index (χ4v) is 6.58. The SMILES string of the molecule is C[C@@H](c1ccccc1)N(C)c1nc(Cl)nc2c1nnn2[C@H]1CC[C@@H](COP(=O)(O)CP(=O)(O)O)O1. The molecule has 35 heavy (non-hydrogen) atoms. The first-order valence-electron chi connectivity index (χ1n) is 10.7. The molecule has 3 heterocycles. The average Bonchev–Trinajstić information content (AvgIpc) is 3.42. The third-order valence-corrected chi connectivity index (χ3v) is 9.28. The first-order valence-corrected chi connectivity index (χ1v) is 14.6. The molecule has 0 saturated carbocycles. The normalized spacial score (nSPS) is 21.2. The van der Waals surface area contributed by atoms with E-state index < -0.39 is 33.4 Å². The predicted octanol–water partition coefficient (Wildman–Crippen LogP) is 3.09. The van der Waals surface area contributed by atoms with Crippen LogP contribution in [0.25, 0.3) is 11.2 Å². The first-order chi connectivity index (χ1) is 16.4. The lowest BCUT2D eigenvalue weighted by Gasteiger charge is -2.26. The largest absolute Gasteiger partial charge is 0.351 e. The molecule has 13 nitrogen and oxygen atoms in total. The number of halogens is 1. The third kappa shape index (κ3) is 6.25. The quantitative estimate of drug-likeness (QED) is 0.265. The van der Waals surface area contributed by atoms with Gasteiger partial charge in [0.15, 0.2) is 29.1 Å². The van der Waals surface area contributed by atoms with Crippen molar-refractivity contribution in [2.45, 2.75) is 38.1 Å². The molecule has 0 amide bonds. The molecular formula is C19H25ClN6O7P2. The van der Waals surface area contributed by atoms with Crippen LogP contribution in [0.1, 0.15) is 37.6 Å². The van der Waals surface area contributed by atoms with Crippen molar-refractivity contribution >= 4 is 43.8 Å². The molecule has 0 bridgehead atoms. The van der Waals surface area contributed by atoms with Crippen molar-refractivity contribution in [2.75, 3.05) is 24.5 Å². The zero-order valence-electron chi connectivity index (χ0n) is 18.9. The Labute approximate surface area is 205 Å². The van der Waals surface area contributed by atoms with Crippen molar-refractivity contribution in [3.05, 3.63) is 41.2 Å². The molecule has 1 fully saturated rings. The van der Waals surface area contributed by atoms with E-state index in [2.05, 4.69) is 20.3 Å². The lowest BCUT2D eigenvalue weighted by atomic mass is 10.1. The summed E-state index contributed by atoms with van der Waals surface area (Å²) in [7, 11) is -7.30. The topological polar surface area (TPSA) is 173 Å². The van der Waals surface area contributed by atoms with Crippen molar-refractivity contribution in [2.24, 2.45) is 0 Å². The van der Waals surface area contributed by atoms with Gasteiger partial charge in [0, 0.05) is 7.05 Å².